The molecule has 0 unspecified atom stereocenters. The molecule has 0 radical (unpaired) electrons. The van der Waals surface area contributed by atoms with Crippen molar-refractivity contribution in [3.63, 3.8) is 0 Å². The Balaban J connectivity index is 1.95. The van der Waals surface area contributed by atoms with Crippen molar-refractivity contribution in [3.05, 3.63) is 38.7 Å². The van der Waals surface area contributed by atoms with Crippen LogP contribution in [0.4, 0.5) is 0 Å². The van der Waals surface area contributed by atoms with Gasteiger partial charge in [0.15, 0.2) is 11.3 Å². The number of ether oxygens (including phenoxy) is 1. The van der Waals surface area contributed by atoms with Crippen LogP contribution >= 0.6 is 11.8 Å². The first kappa shape index (κ1) is 18.1. The smallest absolute Gasteiger partial charge is 0.345 e. The summed E-state index contributed by atoms with van der Waals surface area (Å²) in [7, 11) is 1.31. The normalized spacial score (nSPS) is 16.1. The first-order valence-corrected chi connectivity index (χ1v) is 10.3. The van der Waals surface area contributed by atoms with Gasteiger partial charge < -0.3 is 28.4 Å². The Morgan fingerprint density at radius 3 is 2.58 bits per heavy atom. The second kappa shape index (κ2) is 5.73. The Kier molecular flexibility index (Phi) is 3.35. The van der Waals surface area contributed by atoms with E-state index < -0.39 is 34.8 Å². The molecule has 0 fully saturated rings. The van der Waals surface area contributed by atoms with E-state index in [9.17, 15) is 24.6 Å². The van der Waals surface area contributed by atoms with Crippen LogP contribution < -0.4 is 11.3 Å². The van der Waals surface area contributed by atoms with Crippen molar-refractivity contribution < 1.29 is 28.6 Å². The quantitative estimate of drug-likeness (QED) is 0.175. The molecular weight excluding hydrogens is 426 g/mol. The van der Waals surface area contributed by atoms with Crippen molar-refractivity contribution in [2.24, 2.45) is 0 Å². The fourth-order valence-corrected chi connectivity index (χ4v) is 5.88. The Labute approximate surface area is 175 Å². The number of phenolic OH excluding ortho intramolecular Hbond substituents is 2. The van der Waals surface area contributed by atoms with E-state index in [0.29, 0.717) is 26.9 Å². The summed E-state index contributed by atoms with van der Waals surface area (Å²) in [4.78, 5) is 38.8. The molecule has 1 aliphatic heterocycles. The third kappa shape index (κ3) is 2.05. The number of rotatable bonds is 1. The zero-order valence-electron chi connectivity index (χ0n) is 16.1. The molecule has 0 saturated carbocycles. The highest BCUT2D eigenvalue weighted by molar-refractivity contribution is 7.99. The number of methoxy groups -OCH3 is 1. The lowest BCUT2D eigenvalue weighted by Crippen LogP contribution is -2.26. The SMILES string of the molecule is COC(=O)[C@@H]1CSc2c3c(=O)oc4c(O)c(O)cc5c(=O)oc(c6cc(C)n1c26)c3c45. The highest BCUT2D eigenvalue weighted by Crippen LogP contribution is 2.49. The molecule has 1 atom stereocenters. The highest BCUT2D eigenvalue weighted by Gasteiger charge is 2.35. The lowest BCUT2D eigenvalue weighted by Gasteiger charge is -2.26. The highest BCUT2D eigenvalue weighted by atomic mass is 32.2. The maximum absolute atomic E-state index is 13.0. The molecule has 6 rings (SSSR count). The van der Waals surface area contributed by atoms with Crippen LogP contribution in [0.15, 0.2) is 35.5 Å². The average molecular weight is 439 g/mol. The lowest BCUT2D eigenvalue weighted by molar-refractivity contribution is -0.143. The predicted octanol–water partition coefficient (Wildman–Crippen LogP) is 2.98. The maximum atomic E-state index is 13.0. The van der Waals surface area contributed by atoms with Crippen LogP contribution in [-0.4, -0.2) is 33.6 Å². The van der Waals surface area contributed by atoms with Crippen molar-refractivity contribution in [1.82, 2.24) is 4.57 Å². The molecule has 0 aliphatic carbocycles. The van der Waals surface area contributed by atoms with E-state index in [1.165, 1.54) is 18.9 Å². The van der Waals surface area contributed by atoms with Gasteiger partial charge in [-0.1, -0.05) is 0 Å². The molecule has 156 valence electrons. The van der Waals surface area contributed by atoms with Crippen molar-refractivity contribution >= 4 is 61.3 Å². The fraction of sp³-hybridized carbons (Fsp3) is 0.190. The topological polar surface area (TPSA) is 132 Å². The van der Waals surface area contributed by atoms with E-state index in [0.717, 1.165) is 11.8 Å². The first-order valence-electron chi connectivity index (χ1n) is 9.29. The number of nitrogens with zero attached hydrogens (tertiary/aromatic N) is 1. The monoisotopic (exact) mass is 439 g/mol. The summed E-state index contributed by atoms with van der Waals surface area (Å²) >= 11 is 1.31. The number of benzene rings is 2. The van der Waals surface area contributed by atoms with E-state index in [1.54, 1.807) is 10.6 Å². The number of carbonyl (C=O) groups excluding carboxylic acids is 1. The number of hydrogen-bond donors (Lipinski definition) is 2. The van der Waals surface area contributed by atoms with Gasteiger partial charge in [0.2, 0.25) is 5.75 Å². The third-order valence-electron chi connectivity index (χ3n) is 5.86. The number of thioether (sulfide) groups is 1. The molecule has 4 heterocycles. The summed E-state index contributed by atoms with van der Waals surface area (Å²) in [6, 6.07) is 2.27. The van der Waals surface area contributed by atoms with E-state index >= 15 is 0 Å². The summed E-state index contributed by atoms with van der Waals surface area (Å²) in [5, 5.41) is 21.6. The summed E-state index contributed by atoms with van der Waals surface area (Å²) < 4.78 is 17.7. The summed E-state index contributed by atoms with van der Waals surface area (Å²) in [5.74, 6) is -1.30. The Bertz CT molecular complexity index is 1720. The lowest BCUT2D eigenvalue weighted by atomic mass is 10.0. The molecule has 2 aromatic carbocycles. The van der Waals surface area contributed by atoms with Gasteiger partial charge in [-0.05, 0) is 19.1 Å². The zero-order chi connectivity index (χ0) is 21.8. The summed E-state index contributed by atoms with van der Waals surface area (Å²) in [5.41, 5.74) is -0.313. The van der Waals surface area contributed by atoms with Crippen LogP contribution in [-0.2, 0) is 9.53 Å². The molecular formula is C21H13NO8S. The van der Waals surface area contributed by atoms with E-state index in [1.807, 2.05) is 6.92 Å². The number of aromatic nitrogens is 1. The van der Waals surface area contributed by atoms with E-state index in [4.69, 9.17) is 13.6 Å². The number of fused-ring (bicyclic) bond motifs is 2. The molecule has 10 heteroatoms. The van der Waals surface area contributed by atoms with Crippen LogP contribution in [0.2, 0.25) is 0 Å². The van der Waals surface area contributed by atoms with Gasteiger partial charge >= 0.3 is 17.2 Å². The second-order valence-electron chi connectivity index (χ2n) is 7.45. The molecule has 0 saturated heterocycles. The van der Waals surface area contributed by atoms with Crippen LogP contribution in [0, 0.1) is 6.92 Å². The van der Waals surface area contributed by atoms with Crippen molar-refractivity contribution in [1.29, 1.82) is 0 Å². The molecule has 0 bridgehead atoms. The first-order chi connectivity index (χ1) is 14.8. The largest absolute Gasteiger partial charge is 0.504 e. The van der Waals surface area contributed by atoms with Gasteiger partial charge in [0.1, 0.15) is 11.6 Å². The minimum absolute atomic E-state index is 0.0116. The molecule has 31 heavy (non-hydrogen) atoms. The van der Waals surface area contributed by atoms with E-state index in [2.05, 4.69) is 0 Å². The van der Waals surface area contributed by atoms with Gasteiger partial charge in [-0.3, -0.25) is 0 Å². The zero-order valence-corrected chi connectivity index (χ0v) is 17.0. The van der Waals surface area contributed by atoms with Gasteiger partial charge in [-0.2, -0.15) is 0 Å². The van der Waals surface area contributed by atoms with Gasteiger partial charge in [0, 0.05) is 32.5 Å². The third-order valence-corrected chi connectivity index (χ3v) is 7.03. The molecule has 3 aromatic heterocycles. The number of hydrogen-bond acceptors (Lipinski definition) is 9. The Morgan fingerprint density at radius 2 is 1.84 bits per heavy atom. The average Bonchev–Trinajstić information content (AvgIpc) is 3.10. The van der Waals surface area contributed by atoms with Gasteiger partial charge in [0.05, 0.1) is 23.4 Å². The van der Waals surface area contributed by atoms with E-state index in [-0.39, 0.29) is 27.3 Å². The predicted molar refractivity (Wildman–Crippen MR) is 113 cm³/mol. The fourth-order valence-electron chi connectivity index (χ4n) is 4.60. The molecule has 2 N–H and O–H groups in total. The standard InChI is InChI=1S/C21H13NO8S/c1-6-3-8-14-18(31-5-9(22(6)14)20(26)28-2)13-12-11-7(19(25)29-16(8)12)4-10(23)15(24)17(11)30-21(13)27/h3-4,9,23-24H,5H2,1-2H3/t9-/m0/s1. The summed E-state index contributed by atoms with van der Waals surface area (Å²) in [6.07, 6.45) is 0. The van der Waals surface area contributed by atoms with Crippen LogP contribution in [0.1, 0.15) is 11.7 Å². The molecule has 0 amide bonds. The van der Waals surface area contributed by atoms with Gasteiger partial charge in [-0.25, -0.2) is 14.4 Å². The van der Waals surface area contributed by atoms with Crippen LogP contribution in [0.5, 0.6) is 11.5 Å². The number of esters is 1. The summed E-state index contributed by atoms with van der Waals surface area (Å²) in [6.45, 7) is 1.81. The van der Waals surface area contributed by atoms with Gasteiger partial charge in [0.25, 0.3) is 0 Å². The van der Waals surface area contributed by atoms with Crippen molar-refractivity contribution in [2.75, 3.05) is 12.9 Å². The number of phenols is 2. The van der Waals surface area contributed by atoms with Crippen molar-refractivity contribution in [3.8, 4) is 11.5 Å². The molecule has 1 aliphatic rings. The van der Waals surface area contributed by atoms with Crippen molar-refractivity contribution in [2.45, 2.75) is 17.9 Å². The minimum atomic E-state index is -0.753. The minimum Gasteiger partial charge on any atom is -0.504 e. The van der Waals surface area contributed by atoms with Crippen LogP contribution in [0.25, 0.3) is 43.6 Å². The number of carbonyl (C=O) groups is 1. The Hall–Kier alpha value is -3.66. The van der Waals surface area contributed by atoms with Gasteiger partial charge in [-0.15, -0.1) is 11.8 Å². The molecule has 0 spiro atoms. The molecule has 9 nitrogen and oxygen atoms in total. The van der Waals surface area contributed by atoms with Crippen LogP contribution in [0.3, 0.4) is 0 Å². The number of aromatic hydroxyl groups is 2. The number of aryl methyl sites for hydroxylation is 1. The molecule has 5 aromatic rings. The Morgan fingerprint density at radius 1 is 1.10 bits per heavy atom. The second-order valence-corrected chi connectivity index (χ2v) is 8.48. The maximum Gasteiger partial charge on any atom is 0.345 e.